The van der Waals surface area contributed by atoms with Crippen LogP contribution in [-0.2, 0) is 0 Å². The average Bonchev–Trinajstić information content (AvgIpc) is 2.39. The van der Waals surface area contributed by atoms with Crippen LogP contribution in [0.15, 0.2) is 53.0 Å². The Kier molecular flexibility index (Phi) is 3.10. The normalized spacial score (nSPS) is 22.1. The molecule has 0 saturated heterocycles. The molecule has 1 aliphatic rings. The van der Waals surface area contributed by atoms with Crippen molar-refractivity contribution < 1.29 is 5.11 Å². The first-order valence-corrected chi connectivity index (χ1v) is 6.82. The highest BCUT2D eigenvalue weighted by Crippen LogP contribution is 2.38. The van der Waals surface area contributed by atoms with Gasteiger partial charge in [0, 0.05) is 22.1 Å². The summed E-state index contributed by atoms with van der Waals surface area (Å²) < 4.78 is 1.07. The molecule has 0 amide bonds. The standard InChI is InChI=1S/C15H14BrNO/c16-11-7-5-10(6-8-11)14-9-15(18)12-3-1-2-4-13(12)17-14/h1-8,14-15,17-18H,9H2. The third-order valence-corrected chi connectivity index (χ3v) is 3.91. The first-order valence-electron chi connectivity index (χ1n) is 6.03. The highest BCUT2D eigenvalue weighted by Gasteiger charge is 2.25. The van der Waals surface area contributed by atoms with Crippen molar-refractivity contribution in [2.45, 2.75) is 18.6 Å². The molecule has 18 heavy (non-hydrogen) atoms. The van der Waals surface area contributed by atoms with Gasteiger partial charge in [-0.15, -0.1) is 0 Å². The lowest BCUT2D eigenvalue weighted by Crippen LogP contribution is -2.21. The molecule has 1 aliphatic heterocycles. The molecule has 2 aromatic rings. The summed E-state index contributed by atoms with van der Waals surface area (Å²) in [6, 6.07) is 16.3. The van der Waals surface area contributed by atoms with E-state index in [2.05, 4.69) is 33.4 Å². The minimum Gasteiger partial charge on any atom is -0.388 e. The van der Waals surface area contributed by atoms with Crippen molar-refractivity contribution in [1.29, 1.82) is 0 Å². The van der Waals surface area contributed by atoms with E-state index in [9.17, 15) is 5.11 Å². The predicted molar refractivity (Wildman–Crippen MR) is 76.5 cm³/mol. The van der Waals surface area contributed by atoms with Gasteiger partial charge in [-0.2, -0.15) is 0 Å². The van der Waals surface area contributed by atoms with Crippen LogP contribution in [0.3, 0.4) is 0 Å². The minimum atomic E-state index is -0.393. The fourth-order valence-electron chi connectivity index (χ4n) is 2.43. The third-order valence-electron chi connectivity index (χ3n) is 3.38. The first kappa shape index (κ1) is 11.8. The lowest BCUT2D eigenvalue weighted by atomic mass is 9.91. The van der Waals surface area contributed by atoms with Gasteiger partial charge >= 0.3 is 0 Å². The molecule has 0 saturated carbocycles. The van der Waals surface area contributed by atoms with Gasteiger partial charge in [0.2, 0.25) is 0 Å². The van der Waals surface area contributed by atoms with Crippen LogP contribution in [0, 0.1) is 0 Å². The number of benzene rings is 2. The Morgan fingerprint density at radius 3 is 2.56 bits per heavy atom. The number of para-hydroxylation sites is 1. The number of nitrogens with one attached hydrogen (secondary N) is 1. The molecule has 2 atom stereocenters. The molecule has 3 heteroatoms. The average molecular weight is 304 g/mol. The van der Waals surface area contributed by atoms with Crippen molar-refractivity contribution in [3.8, 4) is 0 Å². The Balaban J connectivity index is 1.92. The van der Waals surface area contributed by atoms with Gasteiger partial charge in [-0.25, -0.2) is 0 Å². The summed E-state index contributed by atoms with van der Waals surface area (Å²) in [6.07, 6.45) is 0.314. The van der Waals surface area contributed by atoms with Gasteiger partial charge in [0.25, 0.3) is 0 Å². The molecule has 2 unspecified atom stereocenters. The van der Waals surface area contributed by atoms with Crippen molar-refractivity contribution >= 4 is 21.6 Å². The zero-order valence-corrected chi connectivity index (χ0v) is 11.4. The van der Waals surface area contributed by atoms with Crippen LogP contribution < -0.4 is 5.32 Å². The molecule has 0 spiro atoms. The van der Waals surface area contributed by atoms with E-state index in [0.29, 0.717) is 6.42 Å². The summed E-state index contributed by atoms with van der Waals surface area (Å²) in [5.74, 6) is 0. The lowest BCUT2D eigenvalue weighted by Gasteiger charge is -2.31. The van der Waals surface area contributed by atoms with Crippen LogP contribution >= 0.6 is 15.9 Å². The lowest BCUT2D eigenvalue weighted by molar-refractivity contribution is 0.156. The van der Waals surface area contributed by atoms with Crippen molar-refractivity contribution in [1.82, 2.24) is 0 Å². The van der Waals surface area contributed by atoms with Gasteiger partial charge in [-0.05, 0) is 23.8 Å². The molecular weight excluding hydrogens is 290 g/mol. The van der Waals surface area contributed by atoms with Crippen molar-refractivity contribution in [3.05, 3.63) is 64.1 Å². The molecular formula is C15H14BrNO. The molecule has 2 N–H and O–H groups in total. The maximum atomic E-state index is 10.2. The maximum Gasteiger partial charge on any atom is 0.0832 e. The summed E-state index contributed by atoms with van der Waals surface area (Å²) in [5, 5.41) is 13.7. The molecule has 0 bridgehead atoms. The highest BCUT2D eigenvalue weighted by atomic mass is 79.9. The number of rotatable bonds is 1. The zero-order valence-electron chi connectivity index (χ0n) is 9.81. The first-order chi connectivity index (χ1) is 8.74. The molecule has 0 aromatic heterocycles. The second-order valence-electron chi connectivity index (χ2n) is 4.59. The fraction of sp³-hybridized carbons (Fsp3) is 0.200. The van der Waals surface area contributed by atoms with E-state index in [0.717, 1.165) is 15.7 Å². The van der Waals surface area contributed by atoms with Crippen LogP contribution in [-0.4, -0.2) is 5.11 Å². The Morgan fingerprint density at radius 2 is 1.78 bits per heavy atom. The Labute approximate surface area is 115 Å². The Hall–Kier alpha value is -1.32. The largest absolute Gasteiger partial charge is 0.388 e. The molecule has 2 nitrogen and oxygen atoms in total. The summed E-state index contributed by atoms with van der Waals surface area (Å²) in [7, 11) is 0. The molecule has 0 radical (unpaired) electrons. The van der Waals surface area contributed by atoms with E-state index in [1.807, 2.05) is 36.4 Å². The predicted octanol–water partition coefficient (Wildman–Crippen LogP) is 4.04. The number of aliphatic hydroxyl groups is 1. The quantitative estimate of drug-likeness (QED) is 0.833. The SMILES string of the molecule is OC1CC(c2ccc(Br)cc2)Nc2ccccc21. The van der Waals surface area contributed by atoms with Gasteiger partial charge in [-0.3, -0.25) is 0 Å². The van der Waals surface area contributed by atoms with Crippen LogP contribution in [0.2, 0.25) is 0 Å². The van der Waals surface area contributed by atoms with Gasteiger partial charge in [0.15, 0.2) is 0 Å². The third kappa shape index (κ3) is 2.16. The molecule has 1 heterocycles. The summed E-state index contributed by atoms with van der Waals surface area (Å²) in [6.45, 7) is 0. The number of anilines is 1. The number of hydrogen-bond acceptors (Lipinski definition) is 2. The monoisotopic (exact) mass is 303 g/mol. The molecule has 0 aliphatic carbocycles. The summed E-state index contributed by atoms with van der Waals surface area (Å²) in [5.41, 5.74) is 3.22. The number of hydrogen-bond donors (Lipinski definition) is 2. The Morgan fingerprint density at radius 1 is 1.06 bits per heavy atom. The minimum absolute atomic E-state index is 0.169. The fourth-order valence-corrected chi connectivity index (χ4v) is 2.69. The van der Waals surface area contributed by atoms with Gasteiger partial charge in [0.1, 0.15) is 0 Å². The van der Waals surface area contributed by atoms with E-state index >= 15 is 0 Å². The van der Waals surface area contributed by atoms with E-state index in [1.165, 1.54) is 5.56 Å². The van der Waals surface area contributed by atoms with Crippen LogP contribution in [0.5, 0.6) is 0 Å². The molecule has 2 aromatic carbocycles. The van der Waals surface area contributed by atoms with Crippen molar-refractivity contribution in [2.75, 3.05) is 5.32 Å². The summed E-state index contributed by atoms with van der Waals surface area (Å²) >= 11 is 3.44. The number of aliphatic hydroxyl groups excluding tert-OH is 1. The van der Waals surface area contributed by atoms with Crippen LogP contribution in [0.25, 0.3) is 0 Å². The highest BCUT2D eigenvalue weighted by molar-refractivity contribution is 9.10. The maximum absolute atomic E-state index is 10.2. The Bertz CT molecular complexity index is 553. The second-order valence-corrected chi connectivity index (χ2v) is 5.50. The van der Waals surface area contributed by atoms with E-state index in [-0.39, 0.29) is 6.04 Å². The topological polar surface area (TPSA) is 32.3 Å². The number of fused-ring (bicyclic) bond motifs is 1. The van der Waals surface area contributed by atoms with E-state index in [4.69, 9.17) is 0 Å². The van der Waals surface area contributed by atoms with Crippen molar-refractivity contribution in [3.63, 3.8) is 0 Å². The van der Waals surface area contributed by atoms with Crippen LogP contribution in [0.1, 0.15) is 29.7 Å². The van der Waals surface area contributed by atoms with Gasteiger partial charge < -0.3 is 10.4 Å². The van der Waals surface area contributed by atoms with Gasteiger partial charge in [-0.1, -0.05) is 46.3 Å². The van der Waals surface area contributed by atoms with Gasteiger partial charge in [0.05, 0.1) is 12.1 Å². The summed E-state index contributed by atoms with van der Waals surface area (Å²) in [4.78, 5) is 0. The number of halogens is 1. The molecule has 0 fully saturated rings. The zero-order chi connectivity index (χ0) is 12.5. The molecule has 92 valence electrons. The van der Waals surface area contributed by atoms with Crippen LogP contribution in [0.4, 0.5) is 5.69 Å². The molecule has 3 rings (SSSR count). The second kappa shape index (κ2) is 4.75. The smallest absolute Gasteiger partial charge is 0.0832 e. The van der Waals surface area contributed by atoms with E-state index < -0.39 is 6.10 Å². The van der Waals surface area contributed by atoms with Crippen molar-refractivity contribution in [2.24, 2.45) is 0 Å². The van der Waals surface area contributed by atoms with E-state index in [1.54, 1.807) is 0 Å².